The van der Waals surface area contributed by atoms with Crippen molar-refractivity contribution in [1.82, 2.24) is 10.2 Å². The molecule has 5 nitrogen and oxygen atoms in total. The first kappa shape index (κ1) is 18.1. The number of amides is 1. The topological polar surface area (TPSA) is 50.8 Å². The van der Waals surface area contributed by atoms with Crippen molar-refractivity contribution in [2.24, 2.45) is 17.8 Å². The first-order valence-electron chi connectivity index (χ1n) is 9.39. The van der Waals surface area contributed by atoms with Crippen LogP contribution in [0.2, 0.25) is 0 Å². The Morgan fingerprint density at radius 2 is 1.88 bits per heavy atom. The third kappa shape index (κ3) is 4.27. The van der Waals surface area contributed by atoms with Crippen LogP contribution in [0.3, 0.4) is 0 Å². The highest BCUT2D eigenvalue weighted by atomic mass is 16.5. The van der Waals surface area contributed by atoms with Crippen molar-refractivity contribution in [2.45, 2.75) is 26.7 Å². The molecule has 0 bridgehead atoms. The van der Waals surface area contributed by atoms with E-state index >= 15 is 0 Å². The number of rotatable bonds is 5. The third-order valence-corrected chi connectivity index (χ3v) is 5.29. The summed E-state index contributed by atoms with van der Waals surface area (Å²) in [6, 6.07) is 5.52. The Kier molecular flexibility index (Phi) is 5.84. The van der Waals surface area contributed by atoms with Crippen molar-refractivity contribution < 1.29 is 14.3 Å². The summed E-state index contributed by atoms with van der Waals surface area (Å²) in [6.07, 6.45) is 2.19. The van der Waals surface area contributed by atoms with Crippen LogP contribution < -0.4 is 14.8 Å². The molecule has 1 aromatic carbocycles. The van der Waals surface area contributed by atoms with Crippen LogP contribution in [-0.2, 0) is 0 Å². The maximum Gasteiger partial charge on any atom is 0.253 e. The Hall–Kier alpha value is -1.75. The summed E-state index contributed by atoms with van der Waals surface area (Å²) in [5, 5.41) is 3.48. The van der Waals surface area contributed by atoms with Gasteiger partial charge in [0.25, 0.3) is 5.91 Å². The van der Waals surface area contributed by atoms with Crippen LogP contribution in [-0.4, -0.2) is 50.7 Å². The van der Waals surface area contributed by atoms with E-state index in [2.05, 4.69) is 19.2 Å². The maximum atomic E-state index is 12.9. The molecule has 2 heterocycles. The summed E-state index contributed by atoms with van der Waals surface area (Å²) in [6.45, 7) is 8.73. The summed E-state index contributed by atoms with van der Waals surface area (Å²) in [4.78, 5) is 14.9. The molecule has 2 fully saturated rings. The molecule has 2 aliphatic rings. The Labute approximate surface area is 150 Å². The highest BCUT2D eigenvalue weighted by Crippen LogP contribution is 2.31. The molecule has 2 saturated heterocycles. The predicted octanol–water partition coefficient (Wildman–Crippen LogP) is 2.80. The maximum absolute atomic E-state index is 12.9. The highest BCUT2D eigenvalue weighted by molar-refractivity contribution is 5.95. The minimum atomic E-state index is 0.0987. The van der Waals surface area contributed by atoms with E-state index in [1.807, 2.05) is 23.1 Å². The van der Waals surface area contributed by atoms with Gasteiger partial charge in [-0.2, -0.15) is 0 Å². The molecule has 0 spiro atoms. The van der Waals surface area contributed by atoms with Gasteiger partial charge >= 0.3 is 0 Å². The summed E-state index contributed by atoms with van der Waals surface area (Å²) in [5.74, 6) is 3.31. The Bertz CT molecular complexity index is 589. The standard InChI is InChI=1S/C20H30N2O3/c1-14(2)13-25-18-5-4-15(10-19(18)24-3)20(23)22-8-6-16-11-21-12-17(16)7-9-22/h4-5,10,14,16-17,21H,6-9,11-13H2,1-3H3/t16-,17+. The lowest BCUT2D eigenvalue weighted by Gasteiger charge is -2.22. The number of methoxy groups -OCH3 is 1. The van der Waals surface area contributed by atoms with Crippen LogP contribution in [0.15, 0.2) is 18.2 Å². The van der Waals surface area contributed by atoms with E-state index in [4.69, 9.17) is 9.47 Å². The van der Waals surface area contributed by atoms with Crippen molar-refractivity contribution >= 4 is 5.91 Å². The molecule has 1 amide bonds. The van der Waals surface area contributed by atoms with Crippen LogP contribution in [0, 0.1) is 17.8 Å². The Balaban J connectivity index is 1.69. The molecule has 5 heteroatoms. The number of ether oxygens (including phenoxy) is 2. The van der Waals surface area contributed by atoms with Crippen molar-refractivity contribution in [2.75, 3.05) is 39.9 Å². The zero-order chi connectivity index (χ0) is 17.8. The zero-order valence-electron chi connectivity index (χ0n) is 15.6. The lowest BCUT2D eigenvalue weighted by Crippen LogP contribution is -2.32. The van der Waals surface area contributed by atoms with Gasteiger partial charge in [0.2, 0.25) is 0 Å². The van der Waals surface area contributed by atoms with Crippen molar-refractivity contribution in [3.8, 4) is 11.5 Å². The fraction of sp³-hybridized carbons (Fsp3) is 0.650. The molecule has 1 N–H and O–H groups in total. The molecule has 0 radical (unpaired) electrons. The van der Waals surface area contributed by atoms with Crippen LogP contribution in [0.1, 0.15) is 37.0 Å². The SMILES string of the molecule is COc1cc(C(=O)N2CC[C@@H]3CNC[C@@H]3CC2)ccc1OCC(C)C. The molecule has 2 atom stereocenters. The molecule has 3 rings (SSSR count). The second-order valence-corrected chi connectivity index (χ2v) is 7.62. The number of benzene rings is 1. The summed E-state index contributed by atoms with van der Waals surface area (Å²) in [5.41, 5.74) is 0.680. The van der Waals surface area contributed by atoms with Crippen molar-refractivity contribution in [3.05, 3.63) is 23.8 Å². The fourth-order valence-electron chi connectivity index (χ4n) is 3.78. The van der Waals surface area contributed by atoms with Gasteiger partial charge in [-0.1, -0.05) is 13.8 Å². The minimum absolute atomic E-state index is 0.0987. The molecule has 0 aliphatic carbocycles. The van der Waals surface area contributed by atoms with E-state index in [1.54, 1.807) is 7.11 Å². The van der Waals surface area contributed by atoms with E-state index < -0.39 is 0 Å². The summed E-state index contributed by atoms with van der Waals surface area (Å²) >= 11 is 0. The van der Waals surface area contributed by atoms with Crippen molar-refractivity contribution in [3.63, 3.8) is 0 Å². The van der Waals surface area contributed by atoms with Gasteiger partial charge in [0, 0.05) is 18.7 Å². The van der Waals surface area contributed by atoms with E-state index in [1.165, 1.54) is 0 Å². The fourth-order valence-corrected chi connectivity index (χ4v) is 3.78. The summed E-state index contributed by atoms with van der Waals surface area (Å²) in [7, 11) is 1.62. The molecule has 25 heavy (non-hydrogen) atoms. The van der Waals surface area contributed by atoms with Crippen LogP contribution in [0.4, 0.5) is 0 Å². The monoisotopic (exact) mass is 346 g/mol. The van der Waals surface area contributed by atoms with Crippen LogP contribution in [0.5, 0.6) is 11.5 Å². The highest BCUT2D eigenvalue weighted by Gasteiger charge is 2.31. The number of likely N-dealkylation sites (tertiary alicyclic amines) is 1. The predicted molar refractivity (Wildman–Crippen MR) is 98.3 cm³/mol. The van der Waals surface area contributed by atoms with Gasteiger partial charge in [0.15, 0.2) is 11.5 Å². The third-order valence-electron chi connectivity index (χ3n) is 5.29. The molecule has 0 aromatic heterocycles. The normalized spacial score (nSPS) is 23.3. The lowest BCUT2D eigenvalue weighted by atomic mass is 9.92. The smallest absolute Gasteiger partial charge is 0.253 e. The Morgan fingerprint density at radius 1 is 1.20 bits per heavy atom. The Morgan fingerprint density at radius 3 is 2.48 bits per heavy atom. The minimum Gasteiger partial charge on any atom is -0.493 e. The number of hydrogen-bond acceptors (Lipinski definition) is 4. The molecular formula is C20H30N2O3. The molecule has 0 unspecified atom stereocenters. The average molecular weight is 346 g/mol. The number of carbonyl (C=O) groups is 1. The number of hydrogen-bond donors (Lipinski definition) is 1. The van der Waals surface area contributed by atoms with E-state index in [0.717, 1.165) is 50.9 Å². The van der Waals surface area contributed by atoms with Gasteiger partial charge < -0.3 is 19.7 Å². The molecule has 0 saturated carbocycles. The van der Waals surface area contributed by atoms with Crippen molar-refractivity contribution in [1.29, 1.82) is 0 Å². The van der Waals surface area contributed by atoms with Gasteiger partial charge in [-0.3, -0.25) is 4.79 Å². The van der Waals surface area contributed by atoms with Crippen LogP contribution >= 0.6 is 0 Å². The quantitative estimate of drug-likeness (QED) is 0.891. The van der Waals surface area contributed by atoms with Gasteiger partial charge in [0.05, 0.1) is 13.7 Å². The lowest BCUT2D eigenvalue weighted by molar-refractivity contribution is 0.0758. The number of fused-ring (bicyclic) bond motifs is 1. The molecule has 138 valence electrons. The van der Waals surface area contributed by atoms with E-state index in [9.17, 15) is 4.79 Å². The van der Waals surface area contributed by atoms with Gasteiger partial charge in [-0.25, -0.2) is 0 Å². The largest absolute Gasteiger partial charge is 0.493 e. The first-order valence-corrected chi connectivity index (χ1v) is 9.39. The number of carbonyl (C=O) groups excluding carboxylic acids is 1. The molecule has 2 aliphatic heterocycles. The number of nitrogens with one attached hydrogen (secondary N) is 1. The zero-order valence-corrected chi connectivity index (χ0v) is 15.6. The first-order chi connectivity index (χ1) is 12.1. The van der Waals surface area contributed by atoms with E-state index in [0.29, 0.717) is 29.6 Å². The second-order valence-electron chi connectivity index (χ2n) is 7.62. The average Bonchev–Trinajstić information content (AvgIpc) is 2.97. The summed E-state index contributed by atoms with van der Waals surface area (Å²) < 4.78 is 11.2. The van der Waals surface area contributed by atoms with Gasteiger partial charge in [-0.15, -0.1) is 0 Å². The van der Waals surface area contributed by atoms with Gasteiger partial charge in [-0.05, 0) is 61.9 Å². The molecule has 1 aromatic rings. The van der Waals surface area contributed by atoms with Crippen LogP contribution in [0.25, 0.3) is 0 Å². The molecular weight excluding hydrogens is 316 g/mol. The van der Waals surface area contributed by atoms with Gasteiger partial charge in [0.1, 0.15) is 0 Å². The van der Waals surface area contributed by atoms with E-state index in [-0.39, 0.29) is 5.91 Å². The number of nitrogens with zero attached hydrogens (tertiary/aromatic N) is 1. The second kappa shape index (κ2) is 8.09.